The molecule has 0 spiro atoms. The summed E-state index contributed by atoms with van der Waals surface area (Å²) in [6, 6.07) is 20.4. The Labute approximate surface area is 177 Å². The van der Waals surface area contributed by atoms with Gasteiger partial charge in [0.2, 0.25) is 0 Å². The van der Waals surface area contributed by atoms with E-state index in [0.717, 1.165) is 0 Å². The lowest BCUT2D eigenvalue weighted by Gasteiger charge is -2.15. The fraction of sp³-hybridized carbons (Fsp3) is 0.0909. The molecule has 0 aliphatic rings. The number of amides is 1. The highest BCUT2D eigenvalue weighted by atomic mass is 17.0. The van der Waals surface area contributed by atoms with Crippen LogP contribution in [-0.2, 0) is 4.79 Å². The summed E-state index contributed by atoms with van der Waals surface area (Å²) >= 11 is 0. The van der Waals surface area contributed by atoms with Crippen LogP contribution in [0, 0.1) is 10.1 Å². The normalized spacial score (nSPS) is 11.3. The first kappa shape index (κ1) is 21.5. The number of anilines is 1. The molecule has 1 unspecified atom stereocenters. The molecule has 158 valence electrons. The number of esters is 1. The van der Waals surface area contributed by atoms with Gasteiger partial charge in [-0.2, -0.15) is 0 Å². The topological polar surface area (TPSA) is 128 Å². The number of ether oxygens (including phenoxy) is 1. The van der Waals surface area contributed by atoms with Gasteiger partial charge < -0.3 is 15.2 Å². The molecule has 0 fully saturated rings. The number of para-hydroxylation sites is 1. The maximum Gasteiger partial charge on any atom is 0.321 e. The number of nitrogens with one attached hydrogen (secondary N) is 1. The molecule has 0 heterocycles. The summed E-state index contributed by atoms with van der Waals surface area (Å²) in [5, 5.41) is 21.7. The molecular weight excluding hydrogens is 404 g/mol. The lowest BCUT2D eigenvalue weighted by molar-refractivity contribution is -0.711. The second-order valence-electron chi connectivity index (χ2n) is 6.36. The minimum atomic E-state index is -0.937. The Hall–Kier alpha value is -4.24. The highest BCUT2D eigenvalue weighted by molar-refractivity contribution is 6.06. The van der Waals surface area contributed by atoms with E-state index in [2.05, 4.69) is 10.2 Å². The predicted molar refractivity (Wildman–Crippen MR) is 110 cm³/mol. The van der Waals surface area contributed by atoms with Crippen LogP contribution in [0.4, 0.5) is 5.69 Å². The lowest BCUT2D eigenvalue weighted by Crippen LogP contribution is -2.23. The number of carbonyl (C=O) groups excluding carboxylic acids is 2. The third-order valence-electron chi connectivity index (χ3n) is 4.30. The molecule has 0 aromatic heterocycles. The summed E-state index contributed by atoms with van der Waals surface area (Å²) in [5.74, 6) is -2.10. The van der Waals surface area contributed by atoms with Gasteiger partial charge in [0.1, 0.15) is 17.4 Å². The number of hydrogen-bond donors (Lipinski definition) is 2. The standard InChI is InChI=1S/C22H18N2O7/c25-14-19(15-6-2-1-3-7-15)22(27)30-20-9-5-4-8-18(20)21(26)23-16-10-12-17(13-11-16)31-24(28)29/h1-13,19,25H,14H2,(H,23,26). The van der Waals surface area contributed by atoms with E-state index >= 15 is 0 Å². The van der Waals surface area contributed by atoms with E-state index in [0.29, 0.717) is 11.3 Å². The third-order valence-corrected chi connectivity index (χ3v) is 4.30. The maximum absolute atomic E-state index is 12.7. The summed E-state index contributed by atoms with van der Waals surface area (Å²) in [4.78, 5) is 40.0. The monoisotopic (exact) mass is 422 g/mol. The minimum absolute atomic E-state index is 0.00767. The lowest BCUT2D eigenvalue weighted by atomic mass is 10.0. The van der Waals surface area contributed by atoms with Crippen molar-refractivity contribution in [1.82, 2.24) is 0 Å². The van der Waals surface area contributed by atoms with Crippen molar-refractivity contribution >= 4 is 17.6 Å². The van der Waals surface area contributed by atoms with Crippen LogP contribution >= 0.6 is 0 Å². The largest absolute Gasteiger partial charge is 0.425 e. The van der Waals surface area contributed by atoms with Crippen molar-refractivity contribution in [2.24, 2.45) is 0 Å². The molecule has 1 atom stereocenters. The van der Waals surface area contributed by atoms with E-state index in [1.807, 2.05) is 0 Å². The Balaban J connectivity index is 1.74. The maximum atomic E-state index is 12.7. The number of carbonyl (C=O) groups is 2. The van der Waals surface area contributed by atoms with Gasteiger partial charge in [-0.1, -0.05) is 42.5 Å². The van der Waals surface area contributed by atoms with Gasteiger partial charge in [-0.15, -0.1) is 10.1 Å². The van der Waals surface area contributed by atoms with Gasteiger partial charge in [0, 0.05) is 5.69 Å². The molecule has 1 amide bonds. The van der Waals surface area contributed by atoms with E-state index in [1.165, 1.54) is 36.4 Å². The molecular formula is C22H18N2O7. The molecule has 0 saturated heterocycles. The molecule has 3 aromatic carbocycles. The minimum Gasteiger partial charge on any atom is -0.425 e. The van der Waals surface area contributed by atoms with E-state index in [4.69, 9.17) is 4.74 Å². The molecule has 0 aliphatic carbocycles. The first-order valence-corrected chi connectivity index (χ1v) is 9.18. The van der Waals surface area contributed by atoms with E-state index < -0.39 is 29.5 Å². The van der Waals surface area contributed by atoms with Crippen LogP contribution < -0.4 is 14.9 Å². The first-order valence-electron chi connectivity index (χ1n) is 9.18. The van der Waals surface area contributed by atoms with Crippen LogP contribution in [-0.4, -0.2) is 28.7 Å². The van der Waals surface area contributed by atoms with Gasteiger partial charge in [-0.05, 0) is 42.0 Å². The first-order chi connectivity index (χ1) is 15.0. The Morgan fingerprint density at radius 1 is 0.968 bits per heavy atom. The van der Waals surface area contributed by atoms with E-state index in [9.17, 15) is 24.8 Å². The third kappa shape index (κ3) is 5.64. The van der Waals surface area contributed by atoms with Gasteiger partial charge in [0.25, 0.3) is 11.0 Å². The summed E-state index contributed by atoms with van der Waals surface area (Å²) in [7, 11) is 0. The fourth-order valence-corrected chi connectivity index (χ4v) is 2.81. The van der Waals surface area contributed by atoms with Crippen molar-refractivity contribution in [2.45, 2.75) is 5.92 Å². The van der Waals surface area contributed by atoms with Gasteiger partial charge in [0.05, 0.1) is 12.2 Å². The average Bonchev–Trinajstić information content (AvgIpc) is 2.76. The zero-order chi connectivity index (χ0) is 22.2. The van der Waals surface area contributed by atoms with Crippen molar-refractivity contribution in [3.8, 4) is 11.5 Å². The van der Waals surface area contributed by atoms with Crippen molar-refractivity contribution in [1.29, 1.82) is 0 Å². The second kappa shape index (κ2) is 9.99. The molecule has 0 aliphatic heterocycles. The van der Waals surface area contributed by atoms with Gasteiger partial charge in [0.15, 0.2) is 0 Å². The molecule has 9 heteroatoms. The number of rotatable bonds is 8. The molecule has 31 heavy (non-hydrogen) atoms. The Bertz CT molecular complexity index is 1070. The summed E-state index contributed by atoms with van der Waals surface area (Å²) in [6.07, 6.45) is 0. The van der Waals surface area contributed by atoms with Crippen molar-refractivity contribution < 1.29 is 29.4 Å². The summed E-state index contributed by atoms with van der Waals surface area (Å²) < 4.78 is 5.42. The smallest absolute Gasteiger partial charge is 0.321 e. The van der Waals surface area contributed by atoms with Crippen LogP contribution in [0.25, 0.3) is 0 Å². The van der Waals surface area contributed by atoms with Crippen molar-refractivity contribution in [3.63, 3.8) is 0 Å². The molecule has 9 nitrogen and oxygen atoms in total. The number of benzene rings is 3. The highest BCUT2D eigenvalue weighted by Gasteiger charge is 2.24. The number of aliphatic hydroxyl groups is 1. The molecule has 0 radical (unpaired) electrons. The molecule has 3 rings (SSSR count). The van der Waals surface area contributed by atoms with Crippen molar-refractivity contribution in [2.75, 3.05) is 11.9 Å². The number of hydrogen-bond acceptors (Lipinski definition) is 7. The summed E-state index contributed by atoms with van der Waals surface area (Å²) in [5.41, 5.74) is 1.06. The quantitative estimate of drug-likeness (QED) is 0.247. The van der Waals surface area contributed by atoms with Crippen LogP contribution in [0.1, 0.15) is 21.8 Å². The van der Waals surface area contributed by atoms with E-state index in [1.54, 1.807) is 42.5 Å². The zero-order valence-corrected chi connectivity index (χ0v) is 16.1. The summed E-state index contributed by atoms with van der Waals surface area (Å²) in [6.45, 7) is -0.449. The second-order valence-corrected chi connectivity index (χ2v) is 6.36. The predicted octanol–water partition coefficient (Wildman–Crippen LogP) is 3.19. The molecule has 0 saturated carbocycles. The average molecular weight is 422 g/mol. The molecule has 3 aromatic rings. The zero-order valence-electron chi connectivity index (χ0n) is 16.1. The van der Waals surface area contributed by atoms with Gasteiger partial charge in [-0.3, -0.25) is 14.4 Å². The van der Waals surface area contributed by atoms with Gasteiger partial charge in [-0.25, -0.2) is 0 Å². The Morgan fingerprint density at radius 3 is 2.26 bits per heavy atom. The molecule has 2 N–H and O–H groups in total. The SMILES string of the molecule is O=C(Nc1ccc(O[N+](=O)[O-])cc1)c1ccccc1OC(=O)C(CO)c1ccccc1. The Kier molecular flexibility index (Phi) is 6.92. The van der Waals surface area contributed by atoms with Crippen LogP contribution in [0.15, 0.2) is 78.9 Å². The van der Waals surface area contributed by atoms with Crippen LogP contribution in [0.3, 0.4) is 0 Å². The van der Waals surface area contributed by atoms with Crippen LogP contribution in [0.5, 0.6) is 11.5 Å². The fourth-order valence-electron chi connectivity index (χ4n) is 2.81. The van der Waals surface area contributed by atoms with Crippen molar-refractivity contribution in [3.05, 3.63) is 100 Å². The number of aliphatic hydroxyl groups excluding tert-OH is 1. The Morgan fingerprint density at radius 2 is 1.61 bits per heavy atom. The number of nitrogens with zero attached hydrogens (tertiary/aromatic N) is 1. The van der Waals surface area contributed by atoms with Crippen LogP contribution in [0.2, 0.25) is 0 Å². The van der Waals surface area contributed by atoms with Gasteiger partial charge >= 0.3 is 5.97 Å². The van der Waals surface area contributed by atoms with E-state index in [-0.39, 0.29) is 17.1 Å². The molecule has 0 bridgehead atoms. The highest BCUT2D eigenvalue weighted by Crippen LogP contribution is 2.24.